The van der Waals surface area contributed by atoms with Crippen molar-refractivity contribution in [3.8, 4) is 0 Å². The fourth-order valence-corrected chi connectivity index (χ4v) is 3.82. The normalized spacial score (nSPS) is 25.7. The van der Waals surface area contributed by atoms with E-state index in [1.807, 2.05) is 0 Å². The SMILES string of the molecule is OCCN(CCN1C[C@H]2CC[C@@H]1C2)Cc1ccccc1. The molecule has 0 amide bonds. The second-order valence-corrected chi connectivity index (χ2v) is 6.31. The molecule has 1 N–H and O–H groups in total. The van der Waals surface area contributed by atoms with E-state index < -0.39 is 0 Å². The molecule has 1 aliphatic heterocycles. The second kappa shape index (κ2) is 6.70. The van der Waals surface area contributed by atoms with Crippen LogP contribution in [0.3, 0.4) is 0 Å². The molecule has 3 nitrogen and oxygen atoms in total. The van der Waals surface area contributed by atoms with Crippen molar-refractivity contribution in [3.63, 3.8) is 0 Å². The van der Waals surface area contributed by atoms with Gasteiger partial charge in [-0.05, 0) is 30.7 Å². The van der Waals surface area contributed by atoms with Crippen molar-refractivity contribution in [1.29, 1.82) is 0 Å². The van der Waals surface area contributed by atoms with Crippen LogP contribution in [0.4, 0.5) is 0 Å². The molecule has 2 bridgehead atoms. The summed E-state index contributed by atoms with van der Waals surface area (Å²) < 4.78 is 0. The maximum Gasteiger partial charge on any atom is 0.0558 e. The van der Waals surface area contributed by atoms with E-state index >= 15 is 0 Å². The van der Waals surface area contributed by atoms with Crippen LogP contribution < -0.4 is 0 Å². The standard InChI is InChI=1S/C17H26N2O/c20-11-10-18(13-15-4-2-1-3-5-15)8-9-19-14-16-6-7-17(19)12-16/h1-5,16-17,20H,6-14H2/t16-,17+/m0/s1. The zero-order valence-electron chi connectivity index (χ0n) is 12.2. The van der Waals surface area contributed by atoms with Crippen LogP contribution in [0, 0.1) is 5.92 Å². The van der Waals surface area contributed by atoms with E-state index in [1.165, 1.54) is 31.4 Å². The van der Waals surface area contributed by atoms with Gasteiger partial charge in [-0.1, -0.05) is 30.3 Å². The van der Waals surface area contributed by atoms with E-state index in [0.29, 0.717) is 0 Å². The number of aliphatic hydroxyl groups excluding tert-OH is 1. The molecule has 1 aromatic rings. The van der Waals surface area contributed by atoms with Gasteiger partial charge < -0.3 is 5.11 Å². The third-order valence-corrected chi connectivity index (χ3v) is 4.89. The molecule has 1 aromatic carbocycles. The fourth-order valence-electron chi connectivity index (χ4n) is 3.82. The molecule has 0 radical (unpaired) electrons. The summed E-state index contributed by atoms with van der Waals surface area (Å²) in [4.78, 5) is 5.05. The van der Waals surface area contributed by atoms with Crippen molar-refractivity contribution in [2.45, 2.75) is 31.8 Å². The first-order valence-electron chi connectivity index (χ1n) is 7.96. The number of rotatable bonds is 7. The smallest absolute Gasteiger partial charge is 0.0558 e. The van der Waals surface area contributed by atoms with E-state index in [-0.39, 0.29) is 6.61 Å². The van der Waals surface area contributed by atoms with Crippen LogP contribution in [0.1, 0.15) is 24.8 Å². The Morgan fingerprint density at radius 2 is 2.00 bits per heavy atom. The number of hydrogen-bond acceptors (Lipinski definition) is 3. The number of fused-ring (bicyclic) bond motifs is 2. The fraction of sp³-hybridized carbons (Fsp3) is 0.647. The largest absolute Gasteiger partial charge is 0.395 e. The molecule has 3 heteroatoms. The number of aliphatic hydroxyl groups is 1. The van der Waals surface area contributed by atoms with E-state index in [4.69, 9.17) is 0 Å². The zero-order chi connectivity index (χ0) is 13.8. The second-order valence-electron chi connectivity index (χ2n) is 6.31. The van der Waals surface area contributed by atoms with Crippen LogP contribution in [-0.4, -0.2) is 53.7 Å². The summed E-state index contributed by atoms with van der Waals surface area (Å²) in [6.07, 6.45) is 4.29. The first-order chi connectivity index (χ1) is 9.85. The molecule has 2 atom stereocenters. The van der Waals surface area contributed by atoms with Crippen molar-refractivity contribution >= 4 is 0 Å². The van der Waals surface area contributed by atoms with Gasteiger partial charge in [-0.3, -0.25) is 9.80 Å². The third-order valence-electron chi connectivity index (χ3n) is 4.89. The average Bonchev–Trinajstić information content (AvgIpc) is 3.09. The Hall–Kier alpha value is -0.900. The van der Waals surface area contributed by atoms with Gasteiger partial charge in [-0.2, -0.15) is 0 Å². The molecule has 110 valence electrons. The molecule has 0 aromatic heterocycles. The van der Waals surface area contributed by atoms with Gasteiger partial charge in [0.2, 0.25) is 0 Å². The van der Waals surface area contributed by atoms with Crippen molar-refractivity contribution in [2.75, 3.05) is 32.8 Å². The minimum atomic E-state index is 0.249. The van der Waals surface area contributed by atoms with Crippen molar-refractivity contribution in [1.82, 2.24) is 9.80 Å². The van der Waals surface area contributed by atoms with Gasteiger partial charge in [-0.15, -0.1) is 0 Å². The van der Waals surface area contributed by atoms with Crippen LogP contribution in [-0.2, 0) is 6.54 Å². The minimum Gasteiger partial charge on any atom is -0.395 e. The van der Waals surface area contributed by atoms with E-state index in [2.05, 4.69) is 40.1 Å². The van der Waals surface area contributed by atoms with Crippen molar-refractivity contribution < 1.29 is 5.11 Å². The van der Waals surface area contributed by atoms with Crippen molar-refractivity contribution in [2.24, 2.45) is 5.92 Å². The Morgan fingerprint density at radius 1 is 1.15 bits per heavy atom. The molecule has 0 unspecified atom stereocenters. The van der Waals surface area contributed by atoms with Gasteiger partial charge in [0.25, 0.3) is 0 Å². The number of hydrogen-bond donors (Lipinski definition) is 1. The van der Waals surface area contributed by atoms with Crippen LogP contribution in [0.25, 0.3) is 0 Å². The van der Waals surface area contributed by atoms with Gasteiger partial charge in [0, 0.05) is 38.8 Å². The summed E-state index contributed by atoms with van der Waals surface area (Å²) in [6, 6.07) is 11.4. The monoisotopic (exact) mass is 274 g/mol. The van der Waals surface area contributed by atoms with E-state index in [1.54, 1.807) is 0 Å². The van der Waals surface area contributed by atoms with Gasteiger partial charge in [0.1, 0.15) is 0 Å². The first kappa shape index (κ1) is 14.1. The van der Waals surface area contributed by atoms with Gasteiger partial charge >= 0.3 is 0 Å². The third kappa shape index (κ3) is 3.40. The highest BCUT2D eigenvalue weighted by atomic mass is 16.3. The molecular weight excluding hydrogens is 248 g/mol. The molecule has 1 heterocycles. The Morgan fingerprint density at radius 3 is 2.65 bits per heavy atom. The number of benzene rings is 1. The van der Waals surface area contributed by atoms with Crippen LogP contribution in [0.2, 0.25) is 0 Å². The molecule has 2 fully saturated rings. The summed E-state index contributed by atoms with van der Waals surface area (Å²) in [5.41, 5.74) is 1.34. The van der Waals surface area contributed by atoms with Crippen LogP contribution >= 0.6 is 0 Å². The summed E-state index contributed by atoms with van der Waals surface area (Å²) in [5, 5.41) is 9.26. The number of piperidine rings is 1. The number of nitrogens with zero attached hydrogens (tertiary/aromatic N) is 2. The Balaban J connectivity index is 1.49. The molecule has 3 rings (SSSR count). The molecular formula is C17H26N2O. The first-order valence-corrected chi connectivity index (χ1v) is 7.96. The lowest BCUT2D eigenvalue weighted by atomic mass is 10.1. The topological polar surface area (TPSA) is 26.7 Å². The Bertz CT molecular complexity index is 409. The van der Waals surface area contributed by atoms with Crippen molar-refractivity contribution in [3.05, 3.63) is 35.9 Å². The summed E-state index contributed by atoms with van der Waals surface area (Å²) >= 11 is 0. The zero-order valence-corrected chi connectivity index (χ0v) is 12.2. The lowest BCUT2D eigenvalue weighted by Crippen LogP contribution is -2.39. The maximum atomic E-state index is 9.26. The highest BCUT2D eigenvalue weighted by Gasteiger charge is 2.37. The predicted molar refractivity (Wildman–Crippen MR) is 81.5 cm³/mol. The maximum absolute atomic E-state index is 9.26. The van der Waals surface area contributed by atoms with Crippen LogP contribution in [0.15, 0.2) is 30.3 Å². The summed E-state index contributed by atoms with van der Waals surface area (Å²) in [5.74, 6) is 0.973. The Labute approximate surface area is 122 Å². The number of likely N-dealkylation sites (tertiary alicyclic amines) is 1. The quantitative estimate of drug-likeness (QED) is 0.823. The molecule has 2 aliphatic rings. The Kier molecular flexibility index (Phi) is 4.71. The highest BCUT2D eigenvalue weighted by molar-refractivity contribution is 5.14. The molecule has 0 spiro atoms. The summed E-state index contributed by atoms with van der Waals surface area (Å²) in [7, 11) is 0. The minimum absolute atomic E-state index is 0.249. The summed E-state index contributed by atoms with van der Waals surface area (Å²) in [6.45, 7) is 5.51. The van der Waals surface area contributed by atoms with E-state index in [9.17, 15) is 5.11 Å². The van der Waals surface area contributed by atoms with Gasteiger partial charge in [0.15, 0.2) is 0 Å². The molecule has 1 saturated heterocycles. The molecule has 20 heavy (non-hydrogen) atoms. The lowest BCUT2D eigenvalue weighted by molar-refractivity contribution is 0.146. The average molecular weight is 274 g/mol. The van der Waals surface area contributed by atoms with E-state index in [0.717, 1.165) is 38.1 Å². The molecule has 1 saturated carbocycles. The lowest BCUT2D eigenvalue weighted by Gasteiger charge is -2.30. The molecule has 1 aliphatic carbocycles. The van der Waals surface area contributed by atoms with Gasteiger partial charge in [-0.25, -0.2) is 0 Å². The van der Waals surface area contributed by atoms with Crippen LogP contribution in [0.5, 0.6) is 0 Å². The predicted octanol–water partition coefficient (Wildman–Crippen LogP) is 1.97. The van der Waals surface area contributed by atoms with Gasteiger partial charge in [0.05, 0.1) is 6.61 Å². The highest BCUT2D eigenvalue weighted by Crippen LogP contribution is 2.36.